The van der Waals surface area contributed by atoms with E-state index in [1.165, 1.54) is 18.9 Å². The van der Waals surface area contributed by atoms with Gasteiger partial charge in [-0.1, -0.05) is 35.9 Å². The molecule has 0 bridgehead atoms. The molecule has 5 N–H and O–H groups in total. The molecule has 0 heterocycles. The van der Waals surface area contributed by atoms with E-state index in [0.29, 0.717) is 0 Å². The van der Waals surface area contributed by atoms with Gasteiger partial charge in [-0.15, -0.1) is 0 Å². The van der Waals surface area contributed by atoms with Gasteiger partial charge in [0.2, 0.25) is 23.6 Å². The van der Waals surface area contributed by atoms with Gasteiger partial charge in [0.15, 0.2) is 6.73 Å². The van der Waals surface area contributed by atoms with Crippen LogP contribution in [0.3, 0.4) is 0 Å². The fourth-order valence-electron chi connectivity index (χ4n) is 1.66. The maximum Gasteiger partial charge on any atom is 0.304 e. The van der Waals surface area contributed by atoms with Crippen molar-refractivity contribution in [2.75, 3.05) is 32.9 Å². The van der Waals surface area contributed by atoms with Crippen LogP contribution >= 0.6 is 0 Å². The van der Waals surface area contributed by atoms with Crippen LogP contribution in [0.25, 0.3) is 0 Å². The summed E-state index contributed by atoms with van der Waals surface area (Å²) in [6.45, 7) is 1.50. The summed E-state index contributed by atoms with van der Waals surface area (Å²) in [7, 11) is 0. The molecule has 0 aliphatic rings. The fraction of sp³-hybridized carbons (Fsp3) is 0.368. The average Bonchev–Trinajstić information content (AvgIpc) is 2.74. The Kier molecular flexibility index (Phi) is 16.5. The molecule has 1 rings (SSSR count). The van der Waals surface area contributed by atoms with Gasteiger partial charge in [0.1, 0.15) is 0 Å². The topological polar surface area (TPSA) is 172 Å². The second kappa shape index (κ2) is 18.1. The van der Waals surface area contributed by atoms with Gasteiger partial charge in [0.05, 0.1) is 26.2 Å². The van der Waals surface area contributed by atoms with E-state index in [2.05, 4.69) is 45.1 Å². The van der Waals surface area contributed by atoms with E-state index >= 15 is 0 Å². The van der Waals surface area contributed by atoms with Crippen LogP contribution in [0.4, 0.5) is 0 Å². The molecule has 0 radical (unpaired) electrons. The van der Waals surface area contributed by atoms with E-state index in [1.807, 2.05) is 23.5 Å². The normalized spacial score (nSPS) is 8.81. The third-order valence-electron chi connectivity index (χ3n) is 3.14. The Morgan fingerprint density at radius 3 is 1.59 bits per heavy atom. The summed E-state index contributed by atoms with van der Waals surface area (Å²) in [5.41, 5.74) is 1.32. The van der Waals surface area contributed by atoms with E-state index in [1.54, 1.807) is 0 Å². The predicted octanol–water partition coefficient (Wildman–Crippen LogP) is -2.38. The number of ether oxygens (including phenoxy) is 1. The summed E-state index contributed by atoms with van der Waals surface area (Å²) in [6.07, 6.45) is 1.30. The van der Waals surface area contributed by atoms with Crippen molar-refractivity contribution >= 4 is 36.0 Å². The first-order chi connectivity index (χ1) is 14.7. The Balaban J connectivity index is 0. The first kappa shape index (κ1) is 29.2. The van der Waals surface area contributed by atoms with Crippen LogP contribution in [-0.2, 0) is 33.5 Å². The molecule has 0 fully saturated rings. The van der Waals surface area contributed by atoms with Crippen LogP contribution < -0.4 is 26.6 Å². The van der Waals surface area contributed by atoms with E-state index in [4.69, 9.17) is 0 Å². The Morgan fingerprint density at radius 1 is 0.781 bits per heavy atom. The maximum atomic E-state index is 11.4. The van der Waals surface area contributed by atoms with E-state index in [-0.39, 0.29) is 26.4 Å². The van der Waals surface area contributed by atoms with Gasteiger partial charge in [-0.25, -0.2) is 0 Å². The van der Waals surface area contributed by atoms with Crippen molar-refractivity contribution in [2.45, 2.75) is 13.8 Å². The van der Waals surface area contributed by atoms with E-state index < -0.39 is 36.1 Å². The molecule has 182 valence electrons. The third kappa shape index (κ3) is 18.4. The molecule has 1 aromatic carbocycles. The molecule has 32 heavy (non-hydrogen) atoms. The van der Waals surface area contributed by atoms with Gasteiger partial charge in [-0.2, -0.15) is 6.41 Å². The minimum Gasteiger partial charge on any atom is -0.522 e. The number of aryl methyl sites for hydroxylation is 1. The van der Waals surface area contributed by atoms with Gasteiger partial charge in [0.25, 0.3) is 0 Å². The van der Waals surface area contributed by atoms with Gasteiger partial charge in [-0.3, -0.25) is 24.0 Å². The number of carbonyl (C=O) groups excluding carboxylic acids is 6. The average molecular weight is 693 g/mol. The molecule has 0 saturated carbocycles. The predicted molar refractivity (Wildman–Crippen MR) is 109 cm³/mol. The van der Waals surface area contributed by atoms with E-state index in [0.717, 1.165) is 0 Å². The standard InChI is InChI=1S/C12H18N5O7.C7H8.Fm/c1-8(19)24-7-17-12(23)5-16-11(22)4-15-10(21)3-14-9(20)2-13-6-18;1-7-5-3-2-4-6-7;/h2-5,7H2,1H3,(H,13,18)(H,14,20)(H,15,21)(H,16,22)(H,17,23);2-6H,1H3;/q-1;;. The van der Waals surface area contributed by atoms with Crippen molar-refractivity contribution in [3.8, 4) is 0 Å². The molecule has 0 atom stereocenters. The van der Waals surface area contributed by atoms with Crippen LogP contribution in [0.15, 0.2) is 30.3 Å². The summed E-state index contributed by atoms with van der Waals surface area (Å²) in [6, 6.07) is 10.3. The molecule has 0 saturated heterocycles. The molecule has 0 unspecified atom stereocenters. The molecule has 0 aliphatic heterocycles. The zero-order valence-electron chi connectivity index (χ0n) is 17.6. The minimum atomic E-state index is -0.632. The van der Waals surface area contributed by atoms with Crippen molar-refractivity contribution in [3.05, 3.63) is 35.9 Å². The number of rotatable bonds is 11. The van der Waals surface area contributed by atoms with Gasteiger partial charge in [-0.05, 0) is 6.92 Å². The largest absolute Gasteiger partial charge is 0.522 e. The molecule has 1 aromatic rings. The summed E-state index contributed by atoms with van der Waals surface area (Å²) >= 11 is 0. The number of hydrogen-bond acceptors (Lipinski definition) is 7. The zero-order chi connectivity index (χ0) is 23.5. The van der Waals surface area contributed by atoms with Crippen LogP contribution in [0.2, 0.25) is 0 Å². The first-order valence-electron chi connectivity index (χ1n) is 9.06. The monoisotopic (exact) mass is 693 g/mol. The molecule has 12 nitrogen and oxygen atoms in total. The summed E-state index contributed by atoms with van der Waals surface area (Å²) in [5, 5.41) is 10.8. The minimum absolute atomic E-state index is 0. The molecule has 0 aromatic heterocycles. The molecular weight excluding hydrogens is 667 g/mol. The Bertz CT molecular complexity index is 747. The summed E-state index contributed by atoms with van der Waals surface area (Å²) < 4.78 is 4.47. The van der Waals surface area contributed by atoms with Crippen molar-refractivity contribution in [1.29, 1.82) is 0 Å². The Morgan fingerprint density at radius 2 is 1.22 bits per heavy atom. The van der Waals surface area contributed by atoms with Crippen LogP contribution in [0.5, 0.6) is 0 Å². The number of benzene rings is 1. The molecule has 0 aliphatic carbocycles. The van der Waals surface area contributed by atoms with Crippen molar-refractivity contribution in [3.63, 3.8) is 0 Å². The van der Waals surface area contributed by atoms with Crippen molar-refractivity contribution in [2.24, 2.45) is 0 Å². The summed E-state index contributed by atoms with van der Waals surface area (Å²) in [4.78, 5) is 65.3. The van der Waals surface area contributed by atoms with Gasteiger partial charge < -0.3 is 36.1 Å². The summed E-state index contributed by atoms with van der Waals surface area (Å²) in [5.74, 6) is -3.00. The van der Waals surface area contributed by atoms with Crippen LogP contribution in [0, 0.1) is 6.92 Å². The molecule has 13 heteroatoms. The molecule has 5 amide bonds. The van der Waals surface area contributed by atoms with E-state index in [9.17, 15) is 28.8 Å². The zero-order valence-corrected chi connectivity index (χ0v) is 20.0. The number of carbonyl (C=O) groups is 5. The van der Waals surface area contributed by atoms with Crippen LogP contribution in [-0.4, -0.2) is 68.9 Å². The number of hydrogen-bond donors (Lipinski definition) is 5. The Labute approximate surface area is 179 Å². The molecule has 0 spiro atoms. The first-order valence-corrected chi connectivity index (χ1v) is 9.06. The van der Waals surface area contributed by atoms with Crippen molar-refractivity contribution in [1.82, 2.24) is 26.6 Å². The SMILES string of the molecule is CC(=O)OCNC(=O)CNC(=O)CNC(=O)CNC(=O)CN[C-]=O.Cc1ccccc1.[Fm]. The third-order valence-corrected chi connectivity index (χ3v) is 3.14. The smallest absolute Gasteiger partial charge is 0.304 e. The molecular formula is C19H26FmN5O7-. The number of nitrogens with one attached hydrogen (secondary N) is 5. The Hall–Kier alpha value is -4.96. The number of amides is 5. The van der Waals surface area contributed by atoms with Crippen molar-refractivity contribution < 1.29 is 33.5 Å². The quantitative estimate of drug-likeness (QED) is 0.0746. The second-order valence-electron chi connectivity index (χ2n) is 5.82. The van der Waals surface area contributed by atoms with Gasteiger partial charge in [0, 0.05) is 6.92 Å². The second-order valence-corrected chi connectivity index (χ2v) is 5.82. The number of esters is 1. The van der Waals surface area contributed by atoms with Gasteiger partial charge >= 0.3 is 5.97 Å². The maximum absolute atomic E-state index is 11.4. The van der Waals surface area contributed by atoms with Crippen LogP contribution in [0.1, 0.15) is 12.5 Å². The fourth-order valence-corrected chi connectivity index (χ4v) is 1.66.